The number of nitrogens with zero attached hydrogens (tertiary/aromatic N) is 3. The molecule has 0 fully saturated rings. The van der Waals surface area contributed by atoms with Gasteiger partial charge in [-0.1, -0.05) is 26.1 Å². The fourth-order valence-electron chi connectivity index (χ4n) is 2.08. The van der Waals surface area contributed by atoms with E-state index in [-0.39, 0.29) is 0 Å². The lowest BCUT2D eigenvalue weighted by atomic mass is 10.2. The number of hydrogen-bond donors (Lipinski definition) is 1. The van der Waals surface area contributed by atoms with Crippen LogP contribution in [0.2, 0.25) is 0 Å². The predicted molar refractivity (Wildman–Crippen MR) is 87.2 cm³/mol. The maximum Gasteiger partial charge on any atom is 0.0740 e. The molecule has 0 radical (unpaired) electrons. The third-order valence-corrected chi connectivity index (χ3v) is 4.17. The molecule has 0 saturated carbocycles. The maximum atomic E-state index is 5.61. The van der Waals surface area contributed by atoms with Gasteiger partial charge in [0.25, 0.3) is 0 Å². The summed E-state index contributed by atoms with van der Waals surface area (Å²) < 4.78 is 3.03. The normalized spacial score (nSPS) is 11.5. The van der Waals surface area contributed by atoms with Crippen LogP contribution < -0.4 is 5.73 Å². The highest BCUT2D eigenvalue weighted by Crippen LogP contribution is 2.22. The van der Waals surface area contributed by atoms with Crippen molar-refractivity contribution in [2.24, 2.45) is 18.7 Å². The standard InChI is InChI=1S/C13H23BrN4S/c1-9(2)7-18(6-5-12(15)19)8-11-13(14)10(3)16-17(11)4/h9H,5-8H2,1-4H3,(H2,15,19). The SMILES string of the molecule is Cc1nn(C)c(CN(CCC(N)=S)CC(C)C)c1Br. The van der Waals surface area contributed by atoms with Gasteiger partial charge in [-0.3, -0.25) is 9.58 Å². The monoisotopic (exact) mass is 346 g/mol. The quantitative estimate of drug-likeness (QED) is 0.771. The first kappa shape index (κ1) is 16.6. The smallest absolute Gasteiger partial charge is 0.0740 e. The van der Waals surface area contributed by atoms with Crippen molar-refractivity contribution in [2.75, 3.05) is 13.1 Å². The molecule has 0 spiro atoms. The Morgan fingerprint density at radius 3 is 2.58 bits per heavy atom. The topological polar surface area (TPSA) is 47.1 Å². The van der Waals surface area contributed by atoms with Crippen LogP contribution in [0.5, 0.6) is 0 Å². The molecule has 0 saturated heterocycles. The summed E-state index contributed by atoms with van der Waals surface area (Å²) in [4.78, 5) is 2.96. The van der Waals surface area contributed by atoms with Gasteiger partial charge >= 0.3 is 0 Å². The van der Waals surface area contributed by atoms with Crippen LogP contribution in [-0.2, 0) is 13.6 Å². The highest BCUT2D eigenvalue weighted by molar-refractivity contribution is 9.10. The summed E-state index contributed by atoms with van der Waals surface area (Å²) >= 11 is 8.59. The van der Waals surface area contributed by atoms with E-state index in [4.69, 9.17) is 18.0 Å². The van der Waals surface area contributed by atoms with Crippen LogP contribution in [-0.4, -0.2) is 32.8 Å². The molecule has 0 bridgehead atoms. The van der Waals surface area contributed by atoms with Crippen molar-refractivity contribution in [2.45, 2.75) is 33.7 Å². The molecule has 0 aliphatic carbocycles. The first-order valence-corrected chi connectivity index (χ1v) is 7.70. The molecule has 1 heterocycles. The zero-order valence-electron chi connectivity index (χ0n) is 12.1. The fraction of sp³-hybridized carbons (Fsp3) is 0.692. The second kappa shape index (κ2) is 7.36. The van der Waals surface area contributed by atoms with E-state index in [0.717, 1.165) is 36.2 Å². The van der Waals surface area contributed by atoms with Crippen molar-refractivity contribution in [3.63, 3.8) is 0 Å². The molecule has 0 amide bonds. The summed E-state index contributed by atoms with van der Waals surface area (Å²) in [5.41, 5.74) is 7.83. The molecule has 0 aromatic carbocycles. The Kier molecular flexibility index (Phi) is 6.42. The van der Waals surface area contributed by atoms with Gasteiger partial charge in [-0.2, -0.15) is 5.10 Å². The molecular formula is C13H23BrN4S. The molecule has 108 valence electrons. The molecule has 1 aromatic heterocycles. The highest BCUT2D eigenvalue weighted by Gasteiger charge is 2.15. The predicted octanol–water partition coefficient (Wildman–Crippen LogP) is 2.63. The second-order valence-corrected chi connectivity index (χ2v) is 6.63. The first-order chi connectivity index (χ1) is 8.81. The molecule has 1 aromatic rings. The minimum atomic E-state index is 0.578. The zero-order chi connectivity index (χ0) is 14.6. The van der Waals surface area contributed by atoms with Gasteiger partial charge < -0.3 is 5.73 Å². The van der Waals surface area contributed by atoms with Gasteiger partial charge in [0.2, 0.25) is 0 Å². The third-order valence-electron chi connectivity index (χ3n) is 2.93. The van der Waals surface area contributed by atoms with Crippen molar-refractivity contribution < 1.29 is 0 Å². The van der Waals surface area contributed by atoms with Crippen LogP contribution in [0.15, 0.2) is 4.47 Å². The molecule has 0 unspecified atom stereocenters. The van der Waals surface area contributed by atoms with Crippen LogP contribution in [0.1, 0.15) is 31.7 Å². The summed E-state index contributed by atoms with van der Waals surface area (Å²) in [5, 5.41) is 4.43. The molecule has 1 rings (SSSR count). The summed E-state index contributed by atoms with van der Waals surface area (Å²) in [6.45, 7) is 9.23. The Balaban J connectivity index is 2.78. The van der Waals surface area contributed by atoms with E-state index >= 15 is 0 Å². The molecule has 6 heteroatoms. The first-order valence-electron chi connectivity index (χ1n) is 6.49. The van der Waals surface area contributed by atoms with Crippen LogP contribution in [0, 0.1) is 12.8 Å². The Hall–Kier alpha value is -0.460. The van der Waals surface area contributed by atoms with Crippen molar-refractivity contribution in [3.8, 4) is 0 Å². The Morgan fingerprint density at radius 1 is 1.53 bits per heavy atom. The molecule has 2 N–H and O–H groups in total. The van der Waals surface area contributed by atoms with Gasteiger partial charge in [-0.25, -0.2) is 0 Å². The van der Waals surface area contributed by atoms with E-state index in [1.807, 2.05) is 18.7 Å². The van der Waals surface area contributed by atoms with Crippen molar-refractivity contribution in [3.05, 3.63) is 15.9 Å². The molecule has 0 aliphatic heterocycles. The van der Waals surface area contributed by atoms with Crippen LogP contribution in [0.4, 0.5) is 0 Å². The van der Waals surface area contributed by atoms with Gasteiger partial charge in [0.05, 0.1) is 20.8 Å². The largest absolute Gasteiger partial charge is 0.393 e. The van der Waals surface area contributed by atoms with Crippen molar-refractivity contribution in [1.29, 1.82) is 0 Å². The second-order valence-electron chi connectivity index (χ2n) is 5.31. The van der Waals surface area contributed by atoms with E-state index in [1.165, 1.54) is 5.69 Å². The van der Waals surface area contributed by atoms with Crippen molar-refractivity contribution >= 4 is 33.1 Å². The number of halogens is 1. The summed E-state index contributed by atoms with van der Waals surface area (Å²) in [6.07, 6.45) is 0.760. The number of hydrogen-bond acceptors (Lipinski definition) is 3. The van der Waals surface area contributed by atoms with Crippen LogP contribution in [0.25, 0.3) is 0 Å². The van der Waals surface area contributed by atoms with Gasteiger partial charge in [0, 0.05) is 33.1 Å². The average Bonchev–Trinajstić information content (AvgIpc) is 2.52. The van der Waals surface area contributed by atoms with Crippen LogP contribution in [0.3, 0.4) is 0 Å². The van der Waals surface area contributed by atoms with E-state index in [9.17, 15) is 0 Å². The Bertz CT molecular complexity index is 442. The number of rotatable bonds is 7. The Labute approximate surface area is 129 Å². The molecule has 0 aliphatic rings. The van der Waals surface area contributed by atoms with E-state index < -0.39 is 0 Å². The fourth-order valence-corrected chi connectivity index (χ4v) is 2.64. The Morgan fingerprint density at radius 2 is 2.16 bits per heavy atom. The lowest BCUT2D eigenvalue weighted by Gasteiger charge is -2.24. The van der Waals surface area contributed by atoms with E-state index in [0.29, 0.717) is 10.9 Å². The summed E-state index contributed by atoms with van der Waals surface area (Å²) in [7, 11) is 1.98. The zero-order valence-corrected chi connectivity index (χ0v) is 14.5. The van der Waals surface area contributed by atoms with Crippen molar-refractivity contribution in [1.82, 2.24) is 14.7 Å². The molecule has 19 heavy (non-hydrogen) atoms. The lowest BCUT2D eigenvalue weighted by molar-refractivity contribution is 0.236. The number of aromatic nitrogens is 2. The van der Waals surface area contributed by atoms with E-state index in [2.05, 4.69) is 39.8 Å². The molecule has 4 nitrogen and oxygen atoms in total. The van der Waals surface area contributed by atoms with Gasteiger partial charge in [-0.15, -0.1) is 0 Å². The van der Waals surface area contributed by atoms with Gasteiger partial charge in [0.1, 0.15) is 0 Å². The van der Waals surface area contributed by atoms with E-state index in [1.54, 1.807) is 0 Å². The van der Waals surface area contributed by atoms with Gasteiger partial charge in [-0.05, 0) is 28.8 Å². The third kappa shape index (κ3) is 5.20. The number of thiocarbonyl (C=S) groups is 1. The minimum Gasteiger partial charge on any atom is -0.393 e. The minimum absolute atomic E-state index is 0.578. The number of aryl methyl sites for hydroxylation is 2. The molecule has 0 atom stereocenters. The average molecular weight is 347 g/mol. The maximum absolute atomic E-state index is 5.61. The highest BCUT2D eigenvalue weighted by atomic mass is 79.9. The van der Waals surface area contributed by atoms with Crippen LogP contribution >= 0.6 is 28.1 Å². The van der Waals surface area contributed by atoms with Gasteiger partial charge in [0.15, 0.2) is 0 Å². The molecular weight excluding hydrogens is 324 g/mol. The summed E-state index contributed by atoms with van der Waals surface area (Å²) in [6, 6.07) is 0. The summed E-state index contributed by atoms with van der Waals surface area (Å²) in [5.74, 6) is 0.611. The lowest BCUT2D eigenvalue weighted by Crippen LogP contribution is -2.31. The number of nitrogens with two attached hydrogens (primary N) is 1.